The lowest BCUT2D eigenvalue weighted by molar-refractivity contribution is -0.124. The maximum Gasteiger partial charge on any atom is 0.168 e. The molecule has 26 heavy (non-hydrogen) atoms. The van der Waals surface area contributed by atoms with E-state index in [4.69, 9.17) is 0 Å². The first-order valence-corrected chi connectivity index (χ1v) is 9.02. The summed E-state index contributed by atoms with van der Waals surface area (Å²) in [5.74, 6) is -0.133. The number of ketones is 2. The van der Waals surface area contributed by atoms with E-state index < -0.39 is 0 Å². The molecule has 3 heteroatoms. The van der Waals surface area contributed by atoms with Crippen LogP contribution in [0.2, 0.25) is 0 Å². The van der Waals surface area contributed by atoms with Crippen molar-refractivity contribution >= 4 is 11.6 Å². The maximum absolute atomic E-state index is 12.5. The number of carbonyl (C=O) groups excluding carboxylic acids is 2. The Morgan fingerprint density at radius 1 is 0.923 bits per heavy atom. The van der Waals surface area contributed by atoms with Gasteiger partial charge < -0.3 is 4.90 Å². The molecule has 1 aliphatic carbocycles. The SMILES string of the molecule is Cc1ccccc1Cc1ccccc1C1CC(=O)C(=CN(C)C)C(=O)C1. The minimum absolute atomic E-state index is 0.0328. The highest BCUT2D eigenvalue weighted by Gasteiger charge is 2.32. The lowest BCUT2D eigenvalue weighted by Gasteiger charge is -2.25. The van der Waals surface area contributed by atoms with Gasteiger partial charge in [-0.15, -0.1) is 0 Å². The number of hydrogen-bond donors (Lipinski definition) is 0. The van der Waals surface area contributed by atoms with Crippen LogP contribution in [0.3, 0.4) is 0 Å². The van der Waals surface area contributed by atoms with Crippen LogP contribution in [0.25, 0.3) is 0 Å². The number of benzene rings is 2. The van der Waals surface area contributed by atoms with Crippen LogP contribution >= 0.6 is 0 Å². The van der Waals surface area contributed by atoms with Gasteiger partial charge in [0, 0.05) is 33.1 Å². The quantitative estimate of drug-likeness (QED) is 0.619. The molecule has 3 rings (SSSR count). The van der Waals surface area contributed by atoms with E-state index in [9.17, 15) is 9.59 Å². The van der Waals surface area contributed by atoms with E-state index in [1.807, 2.05) is 32.3 Å². The molecule has 0 radical (unpaired) electrons. The van der Waals surface area contributed by atoms with Crippen molar-refractivity contribution in [2.45, 2.75) is 32.1 Å². The minimum Gasteiger partial charge on any atom is -0.383 e. The summed E-state index contributed by atoms with van der Waals surface area (Å²) < 4.78 is 0. The number of allylic oxidation sites excluding steroid dienone is 1. The summed E-state index contributed by atoms with van der Waals surface area (Å²) in [7, 11) is 3.66. The number of aryl methyl sites for hydroxylation is 1. The molecule has 0 bridgehead atoms. The molecule has 0 amide bonds. The second-order valence-electron chi connectivity index (χ2n) is 7.26. The van der Waals surface area contributed by atoms with Gasteiger partial charge in [-0.1, -0.05) is 48.5 Å². The fraction of sp³-hybridized carbons (Fsp3) is 0.304. The Labute approximate surface area is 155 Å². The molecule has 0 heterocycles. The molecular weight excluding hydrogens is 322 g/mol. The zero-order valence-electron chi connectivity index (χ0n) is 15.7. The average molecular weight is 347 g/mol. The summed E-state index contributed by atoms with van der Waals surface area (Å²) in [4.78, 5) is 26.8. The number of nitrogens with zero attached hydrogens (tertiary/aromatic N) is 1. The van der Waals surface area contributed by atoms with Crippen molar-refractivity contribution in [3.8, 4) is 0 Å². The first kappa shape index (κ1) is 18.1. The van der Waals surface area contributed by atoms with Gasteiger partial charge >= 0.3 is 0 Å². The second kappa shape index (κ2) is 7.69. The number of Topliss-reactive ketones (excluding diaryl/α,β-unsaturated/α-hetero) is 2. The summed E-state index contributed by atoms with van der Waals surface area (Å²) in [6, 6.07) is 16.6. The Kier molecular flexibility index (Phi) is 5.36. The van der Waals surface area contributed by atoms with Gasteiger partial charge in [0.25, 0.3) is 0 Å². The molecule has 0 aromatic heterocycles. The van der Waals surface area contributed by atoms with Gasteiger partial charge in [-0.3, -0.25) is 9.59 Å². The van der Waals surface area contributed by atoms with Crippen LogP contribution in [-0.2, 0) is 16.0 Å². The molecule has 3 nitrogen and oxygen atoms in total. The van der Waals surface area contributed by atoms with Crippen molar-refractivity contribution in [3.63, 3.8) is 0 Å². The molecule has 2 aromatic carbocycles. The highest BCUT2D eigenvalue weighted by molar-refractivity contribution is 6.22. The molecule has 1 fully saturated rings. The van der Waals surface area contributed by atoms with Crippen molar-refractivity contribution in [2.24, 2.45) is 0 Å². The summed E-state index contributed by atoms with van der Waals surface area (Å²) in [5.41, 5.74) is 5.20. The van der Waals surface area contributed by atoms with Gasteiger partial charge in [0.1, 0.15) is 0 Å². The number of hydrogen-bond acceptors (Lipinski definition) is 3. The Morgan fingerprint density at radius 3 is 2.12 bits per heavy atom. The van der Waals surface area contributed by atoms with Crippen molar-refractivity contribution in [2.75, 3.05) is 14.1 Å². The van der Waals surface area contributed by atoms with Crippen molar-refractivity contribution in [1.29, 1.82) is 0 Å². The topological polar surface area (TPSA) is 37.4 Å². The van der Waals surface area contributed by atoms with E-state index in [1.165, 1.54) is 16.7 Å². The van der Waals surface area contributed by atoms with E-state index in [-0.39, 0.29) is 17.5 Å². The van der Waals surface area contributed by atoms with Gasteiger partial charge in [0.2, 0.25) is 0 Å². The molecule has 0 aliphatic heterocycles. The third-order valence-corrected chi connectivity index (χ3v) is 4.99. The molecule has 0 atom stereocenters. The normalized spacial score (nSPS) is 17.3. The van der Waals surface area contributed by atoms with Gasteiger partial charge in [0.15, 0.2) is 11.6 Å². The molecule has 0 unspecified atom stereocenters. The van der Waals surface area contributed by atoms with Crippen LogP contribution < -0.4 is 0 Å². The van der Waals surface area contributed by atoms with Gasteiger partial charge in [-0.25, -0.2) is 0 Å². The Hall–Kier alpha value is -2.68. The third kappa shape index (κ3) is 3.93. The molecule has 134 valence electrons. The van der Waals surface area contributed by atoms with Crippen LogP contribution in [0.4, 0.5) is 0 Å². The predicted molar refractivity (Wildman–Crippen MR) is 104 cm³/mol. The monoisotopic (exact) mass is 347 g/mol. The summed E-state index contributed by atoms with van der Waals surface area (Å²) in [6.07, 6.45) is 3.27. The van der Waals surface area contributed by atoms with Crippen LogP contribution in [-0.4, -0.2) is 30.6 Å². The van der Waals surface area contributed by atoms with E-state index in [1.54, 1.807) is 11.1 Å². The summed E-state index contributed by atoms with van der Waals surface area (Å²) >= 11 is 0. The van der Waals surface area contributed by atoms with E-state index in [0.717, 1.165) is 12.0 Å². The van der Waals surface area contributed by atoms with Crippen LogP contribution in [0.1, 0.15) is 41.0 Å². The maximum atomic E-state index is 12.5. The number of rotatable bonds is 4. The zero-order valence-corrected chi connectivity index (χ0v) is 15.7. The lowest BCUT2D eigenvalue weighted by atomic mass is 9.78. The molecule has 1 saturated carbocycles. The van der Waals surface area contributed by atoms with Crippen molar-refractivity contribution in [3.05, 3.63) is 82.6 Å². The predicted octanol–water partition coefficient (Wildman–Crippen LogP) is 4.05. The first-order valence-electron chi connectivity index (χ1n) is 9.02. The van der Waals surface area contributed by atoms with Crippen LogP contribution in [0, 0.1) is 6.92 Å². The third-order valence-electron chi connectivity index (χ3n) is 4.99. The smallest absolute Gasteiger partial charge is 0.168 e. The van der Waals surface area contributed by atoms with E-state index in [0.29, 0.717) is 18.4 Å². The first-order chi connectivity index (χ1) is 12.5. The van der Waals surface area contributed by atoms with Crippen LogP contribution in [0.5, 0.6) is 0 Å². The Bertz CT molecular complexity index is 844. The largest absolute Gasteiger partial charge is 0.383 e. The van der Waals surface area contributed by atoms with Gasteiger partial charge in [-0.05, 0) is 41.5 Å². The Balaban J connectivity index is 1.88. The highest BCUT2D eigenvalue weighted by atomic mass is 16.1. The van der Waals surface area contributed by atoms with Crippen molar-refractivity contribution < 1.29 is 9.59 Å². The van der Waals surface area contributed by atoms with Crippen LogP contribution in [0.15, 0.2) is 60.3 Å². The average Bonchev–Trinajstić information content (AvgIpc) is 2.60. The molecule has 1 aliphatic rings. The van der Waals surface area contributed by atoms with Crippen molar-refractivity contribution in [1.82, 2.24) is 4.90 Å². The fourth-order valence-electron chi connectivity index (χ4n) is 3.62. The van der Waals surface area contributed by atoms with E-state index >= 15 is 0 Å². The molecule has 0 N–H and O–H groups in total. The summed E-state index contributed by atoms with van der Waals surface area (Å²) in [5, 5.41) is 0. The second-order valence-corrected chi connectivity index (χ2v) is 7.26. The standard InChI is InChI=1S/C23H25NO2/c1-16-8-4-5-9-17(16)12-18-10-6-7-11-20(18)19-13-22(25)21(15-24(2)3)23(26)14-19/h4-11,15,19H,12-14H2,1-3H3. The summed E-state index contributed by atoms with van der Waals surface area (Å²) in [6.45, 7) is 2.12. The lowest BCUT2D eigenvalue weighted by Crippen LogP contribution is -2.26. The highest BCUT2D eigenvalue weighted by Crippen LogP contribution is 2.34. The fourth-order valence-corrected chi connectivity index (χ4v) is 3.62. The number of carbonyl (C=O) groups is 2. The Morgan fingerprint density at radius 2 is 1.50 bits per heavy atom. The zero-order chi connectivity index (χ0) is 18.7. The van der Waals surface area contributed by atoms with Gasteiger partial charge in [-0.2, -0.15) is 0 Å². The molecule has 0 spiro atoms. The molecule has 2 aromatic rings. The minimum atomic E-state index is -0.0503. The molecular formula is C23H25NO2. The van der Waals surface area contributed by atoms with E-state index in [2.05, 4.69) is 37.3 Å². The molecule has 0 saturated heterocycles. The van der Waals surface area contributed by atoms with Gasteiger partial charge in [0.05, 0.1) is 5.57 Å².